The normalized spacial score (nSPS) is 16.8. The highest BCUT2D eigenvalue weighted by Crippen LogP contribution is 2.20. The van der Waals surface area contributed by atoms with Crippen molar-refractivity contribution in [3.63, 3.8) is 0 Å². The summed E-state index contributed by atoms with van der Waals surface area (Å²) in [7, 11) is 0. The number of carbonyl (C=O) groups excluding carboxylic acids is 1. The van der Waals surface area contributed by atoms with E-state index in [1.165, 1.54) is 0 Å². The Morgan fingerprint density at radius 2 is 2.47 bits per heavy atom. The fourth-order valence-electron chi connectivity index (χ4n) is 1.77. The van der Waals surface area contributed by atoms with Gasteiger partial charge in [-0.3, -0.25) is 4.79 Å². The van der Waals surface area contributed by atoms with Crippen molar-refractivity contribution in [2.45, 2.75) is 45.3 Å². The zero-order chi connectivity index (χ0) is 12.3. The molecule has 1 aromatic rings. The van der Waals surface area contributed by atoms with Crippen molar-refractivity contribution < 1.29 is 9.53 Å². The summed E-state index contributed by atoms with van der Waals surface area (Å²) in [6, 6.07) is 0.212. The second-order valence-corrected chi connectivity index (χ2v) is 4.37. The van der Waals surface area contributed by atoms with Gasteiger partial charge >= 0.3 is 5.97 Å². The van der Waals surface area contributed by atoms with Crippen molar-refractivity contribution in [3.05, 3.63) is 18.2 Å². The van der Waals surface area contributed by atoms with Crippen LogP contribution in [0.3, 0.4) is 0 Å². The molecule has 94 valence electrons. The number of hydrogen-bond donors (Lipinski definition) is 1. The van der Waals surface area contributed by atoms with E-state index in [2.05, 4.69) is 10.3 Å². The third kappa shape index (κ3) is 3.30. The molecule has 1 unspecified atom stereocenters. The predicted molar refractivity (Wildman–Crippen MR) is 63.5 cm³/mol. The van der Waals surface area contributed by atoms with E-state index >= 15 is 0 Å². The van der Waals surface area contributed by atoms with Crippen molar-refractivity contribution in [2.24, 2.45) is 0 Å². The summed E-state index contributed by atoms with van der Waals surface area (Å²) >= 11 is 0. The molecule has 0 radical (unpaired) electrons. The maximum atomic E-state index is 11.8. The highest BCUT2D eigenvalue weighted by atomic mass is 16.5. The van der Waals surface area contributed by atoms with E-state index in [0.717, 1.165) is 18.7 Å². The zero-order valence-electron chi connectivity index (χ0n) is 10.3. The predicted octanol–water partition coefficient (Wildman–Crippen LogP) is 0.875. The van der Waals surface area contributed by atoms with E-state index in [0.29, 0.717) is 19.2 Å². The summed E-state index contributed by atoms with van der Waals surface area (Å²) < 4.78 is 7.06. The Morgan fingerprint density at radius 3 is 3.00 bits per heavy atom. The minimum Gasteiger partial charge on any atom is -0.465 e. The Hall–Kier alpha value is -1.36. The largest absolute Gasteiger partial charge is 0.465 e. The van der Waals surface area contributed by atoms with Gasteiger partial charge in [-0.1, -0.05) is 0 Å². The number of rotatable bonds is 6. The van der Waals surface area contributed by atoms with Crippen LogP contribution >= 0.6 is 0 Å². The molecule has 0 amide bonds. The minimum atomic E-state index is -0.268. The lowest BCUT2D eigenvalue weighted by Gasteiger charge is -2.18. The van der Waals surface area contributed by atoms with Crippen molar-refractivity contribution in [2.75, 3.05) is 6.61 Å². The van der Waals surface area contributed by atoms with Gasteiger partial charge in [-0.05, 0) is 26.7 Å². The quantitative estimate of drug-likeness (QED) is 0.746. The maximum absolute atomic E-state index is 11.8. The highest BCUT2D eigenvalue weighted by molar-refractivity contribution is 5.75. The number of nitrogens with zero attached hydrogens (tertiary/aromatic N) is 2. The molecule has 17 heavy (non-hydrogen) atoms. The highest BCUT2D eigenvalue weighted by Gasteiger charge is 2.29. The van der Waals surface area contributed by atoms with Gasteiger partial charge in [0.25, 0.3) is 0 Å². The first-order valence-corrected chi connectivity index (χ1v) is 6.11. The van der Waals surface area contributed by atoms with Crippen LogP contribution in [0.2, 0.25) is 0 Å². The topological polar surface area (TPSA) is 56.2 Å². The van der Waals surface area contributed by atoms with Gasteiger partial charge in [-0.25, -0.2) is 4.98 Å². The molecular weight excluding hydrogens is 218 g/mol. The van der Waals surface area contributed by atoms with E-state index in [1.54, 1.807) is 6.20 Å². The van der Waals surface area contributed by atoms with Crippen LogP contribution in [0.1, 0.15) is 25.6 Å². The van der Waals surface area contributed by atoms with Crippen molar-refractivity contribution in [1.29, 1.82) is 0 Å². The molecule has 2 rings (SSSR count). The molecule has 1 atom stereocenters. The Labute approximate surface area is 101 Å². The molecule has 0 aliphatic heterocycles. The zero-order valence-corrected chi connectivity index (χ0v) is 10.3. The second-order valence-electron chi connectivity index (χ2n) is 4.37. The van der Waals surface area contributed by atoms with Crippen LogP contribution in [0.5, 0.6) is 0 Å². The van der Waals surface area contributed by atoms with Gasteiger partial charge in [0.05, 0.1) is 6.61 Å². The van der Waals surface area contributed by atoms with Crippen LogP contribution in [0.25, 0.3) is 0 Å². The number of esters is 1. The molecule has 1 aliphatic rings. The number of nitrogens with one attached hydrogen (secondary N) is 1. The molecule has 1 saturated carbocycles. The Kier molecular flexibility index (Phi) is 3.78. The molecule has 5 heteroatoms. The summed E-state index contributed by atoms with van der Waals surface area (Å²) in [4.78, 5) is 16.0. The van der Waals surface area contributed by atoms with Crippen molar-refractivity contribution in [3.8, 4) is 0 Å². The van der Waals surface area contributed by atoms with E-state index in [1.807, 2.05) is 24.6 Å². The molecule has 0 bridgehead atoms. The standard InChI is InChI=1S/C12H19N3O2/c1-3-17-12(16)11(14-10-4-5-10)8-15-7-6-13-9(15)2/h6-7,10-11,14H,3-5,8H2,1-2H3. The molecule has 1 aromatic heterocycles. The first kappa shape index (κ1) is 12.1. The fraction of sp³-hybridized carbons (Fsp3) is 0.667. The Bertz CT molecular complexity index is 385. The number of imidazole rings is 1. The molecule has 5 nitrogen and oxygen atoms in total. The van der Waals surface area contributed by atoms with Gasteiger partial charge in [0.1, 0.15) is 11.9 Å². The van der Waals surface area contributed by atoms with Crippen LogP contribution in [0.4, 0.5) is 0 Å². The summed E-state index contributed by atoms with van der Waals surface area (Å²) in [5, 5.41) is 3.32. The van der Waals surface area contributed by atoms with Crippen LogP contribution in [-0.2, 0) is 16.1 Å². The van der Waals surface area contributed by atoms with E-state index in [4.69, 9.17) is 4.74 Å². The third-order valence-corrected chi connectivity index (χ3v) is 2.89. The molecule has 0 spiro atoms. The molecule has 0 aromatic carbocycles. The number of carbonyl (C=O) groups is 1. The van der Waals surface area contributed by atoms with Gasteiger partial charge in [0.15, 0.2) is 0 Å². The fourth-order valence-corrected chi connectivity index (χ4v) is 1.77. The number of hydrogen-bond acceptors (Lipinski definition) is 4. The summed E-state index contributed by atoms with van der Waals surface area (Å²) in [5.41, 5.74) is 0. The summed E-state index contributed by atoms with van der Waals surface area (Å²) in [6.07, 6.45) is 5.93. The first-order chi connectivity index (χ1) is 8.20. The van der Waals surface area contributed by atoms with E-state index in [9.17, 15) is 4.79 Å². The van der Waals surface area contributed by atoms with Crippen molar-refractivity contribution >= 4 is 5.97 Å². The molecule has 1 aliphatic carbocycles. The van der Waals surface area contributed by atoms with Crippen LogP contribution in [0.15, 0.2) is 12.4 Å². The van der Waals surface area contributed by atoms with Crippen LogP contribution in [0, 0.1) is 6.92 Å². The van der Waals surface area contributed by atoms with Gasteiger partial charge in [0, 0.05) is 25.0 Å². The third-order valence-electron chi connectivity index (χ3n) is 2.89. The van der Waals surface area contributed by atoms with Gasteiger partial charge in [-0.2, -0.15) is 0 Å². The Morgan fingerprint density at radius 1 is 1.71 bits per heavy atom. The lowest BCUT2D eigenvalue weighted by molar-refractivity contribution is -0.146. The number of aryl methyl sites for hydroxylation is 1. The monoisotopic (exact) mass is 237 g/mol. The lowest BCUT2D eigenvalue weighted by atomic mass is 10.3. The SMILES string of the molecule is CCOC(=O)C(Cn1ccnc1C)NC1CC1. The van der Waals surface area contributed by atoms with Gasteiger partial charge in [0.2, 0.25) is 0 Å². The minimum absolute atomic E-state index is 0.174. The Balaban J connectivity index is 1.99. The lowest BCUT2D eigenvalue weighted by Crippen LogP contribution is -2.42. The van der Waals surface area contributed by atoms with Crippen molar-refractivity contribution in [1.82, 2.24) is 14.9 Å². The van der Waals surface area contributed by atoms with E-state index < -0.39 is 0 Å². The average Bonchev–Trinajstić information content (AvgIpc) is 3.02. The summed E-state index contributed by atoms with van der Waals surface area (Å²) in [5.74, 6) is 0.740. The van der Waals surface area contributed by atoms with E-state index in [-0.39, 0.29) is 12.0 Å². The molecule has 0 saturated heterocycles. The molecule has 1 heterocycles. The van der Waals surface area contributed by atoms with Crippen LogP contribution in [-0.4, -0.2) is 34.2 Å². The first-order valence-electron chi connectivity index (χ1n) is 6.11. The second kappa shape index (κ2) is 5.31. The number of ether oxygens (including phenoxy) is 1. The average molecular weight is 237 g/mol. The smallest absolute Gasteiger partial charge is 0.324 e. The molecule has 1 N–H and O–H groups in total. The van der Waals surface area contributed by atoms with Gasteiger partial charge < -0.3 is 14.6 Å². The molecule has 1 fully saturated rings. The summed E-state index contributed by atoms with van der Waals surface area (Å²) in [6.45, 7) is 4.76. The maximum Gasteiger partial charge on any atom is 0.324 e. The molecular formula is C12H19N3O2. The van der Waals surface area contributed by atoms with Crippen LogP contribution < -0.4 is 5.32 Å². The number of aromatic nitrogens is 2. The van der Waals surface area contributed by atoms with Gasteiger partial charge in [-0.15, -0.1) is 0 Å².